The van der Waals surface area contributed by atoms with Crippen LogP contribution in [0.1, 0.15) is 35.8 Å². The highest BCUT2D eigenvalue weighted by Gasteiger charge is 2.11. The molecule has 0 unspecified atom stereocenters. The second-order valence-electron chi connectivity index (χ2n) is 4.85. The highest BCUT2D eigenvalue weighted by Crippen LogP contribution is 2.17. The fraction of sp³-hybridized carbons (Fsp3) is 0.286. The first-order valence-corrected chi connectivity index (χ1v) is 6.19. The second-order valence-corrected chi connectivity index (χ2v) is 4.85. The average molecular weight is 258 g/mol. The van der Waals surface area contributed by atoms with Crippen LogP contribution in [0.25, 0.3) is 0 Å². The third-order valence-corrected chi connectivity index (χ3v) is 2.84. The molecule has 2 aromatic rings. The van der Waals surface area contributed by atoms with Gasteiger partial charge in [-0.1, -0.05) is 11.6 Å². The van der Waals surface area contributed by atoms with E-state index in [9.17, 15) is 4.79 Å². The molecule has 0 bridgehead atoms. The van der Waals surface area contributed by atoms with E-state index in [2.05, 4.69) is 10.4 Å². The van der Waals surface area contributed by atoms with Crippen LogP contribution in [-0.2, 0) is 0 Å². The number of hydrogen-bond donors (Lipinski definition) is 2. The molecule has 0 aliphatic heterocycles. The normalized spacial score (nSPS) is 10.7. The monoisotopic (exact) mass is 258 g/mol. The quantitative estimate of drug-likeness (QED) is 0.831. The summed E-state index contributed by atoms with van der Waals surface area (Å²) in [7, 11) is 0. The Kier molecular flexibility index (Phi) is 3.55. The van der Waals surface area contributed by atoms with Gasteiger partial charge in [0, 0.05) is 17.9 Å². The lowest BCUT2D eigenvalue weighted by Crippen LogP contribution is -2.14. The zero-order valence-electron chi connectivity index (χ0n) is 11.3. The van der Waals surface area contributed by atoms with Crippen molar-refractivity contribution in [1.29, 1.82) is 0 Å². The van der Waals surface area contributed by atoms with Crippen LogP contribution in [0.3, 0.4) is 0 Å². The Morgan fingerprint density at radius 3 is 2.79 bits per heavy atom. The minimum absolute atomic E-state index is 0.218. The molecular formula is C14H18N4O. The van der Waals surface area contributed by atoms with Gasteiger partial charge in [-0.3, -0.25) is 9.48 Å². The molecule has 19 heavy (non-hydrogen) atoms. The Hall–Kier alpha value is -2.30. The Balaban J connectivity index is 2.18. The van der Waals surface area contributed by atoms with Crippen molar-refractivity contribution in [2.75, 3.05) is 11.1 Å². The molecule has 0 saturated carbocycles. The van der Waals surface area contributed by atoms with Gasteiger partial charge in [-0.05, 0) is 32.9 Å². The third-order valence-electron chi connectivity index (χ3n) is 2.84. The molecule has 1 aromatic carbocycles. The van der Waals surface area contributed by atoms with E-state index < -0.39 is 0 Å². The van der Waals surface area contributed by atoms with Gasteiger partial charge in [0.1, 0.15) is 0 Å². The van der Waals surface area contributed by atoms with Crippen molar-refractivity contribution in [1.82, 2.24) is 9.78 Å². The van der Waals surface area contributed by atoms with Gasteiger partial charge in [-0.2, -0.15) is 5.10 Å². The van der Waals surface area contributed by atoms with Crippen LogP contribution in [0, 0.1) is 6.92 Å². The summed E-state index contributed by atoms with van der Waals surface area (Å²) in [6.45, 7) is 5.97. The lowest BCUT2D eigenvalue weighted by molar-refractivity contribution is 0.102. The smallest absolute Gasteiger partial charge is 0.257 e. The number of anilines is 2. The van der Waals surface area contributed by atoms with Crippen molar-refractivity contribution < 1.29 is 4.79 Å². The number of carbonyl (C=O) groups is 1. The molecule has 1 heterocycles. The van der Waals surface area contributed by atoms with E-state index in [-0.39, 0.29) is 11.9 Å². The first kappa shape index (κ1) is 13.1. The Morgan fingerprint density at radius 2 is 2.16 bits per heavy atom. The van der Waals surface area contributed by atoms with Crippen molar-refractivity contribution in [3.05, 3.63) is 41.7 Å². The number of amides is 1. The number of rotatable bonds is 3. The molecule has 100 valence electrons. The Labute approximate surface area is 112 Å². The molecule has 0 spiro atoms. The van der Waals surface area contributed by atoms with Gasteiger partial charge in [-0.15, -0.1) is 0 Å². The minimum Gasteiger partial charge on any atom is -0.398 e. The molecular weight excluding hydrogens is 240 g/mol. The molecule has 0 saturated heterocycles. The predicted octanol–water partition coefficient (Wildman–Crippen LogP) is 2.61. The number of aryl methyl sites for hydroxylation is 1. The lowest BCUT2D eigenvalue weighted by atomic mass is 10.1. The summed E-state index contributed by atoms with van der Waals surface area (Å²) >= 11 is 0. The molecule has 1 amide bonds. The number of hydrogen-bond acceptors (Lipinski definition) is 3. The Morgan fingerprint density at radius 1 is 1.42 bits per heavy atom. The number of nitrogens with one attached hydrogen (secondary N) is 1. The van der Waals surface area contributed by atoms with Crippen LogP contribution < -0.4 is 11.1 Å². The fourth-order valence-electron chi connectivity index (χ4n) is 1.75. The van der Waals surface area contributed by atoms with E-state index in [4.69, 9.17) is 5.73 Å². The van der Waals surface area contributed by atoms with E-state index in [1.807, 2.05) is 26.8 Å². The van der Waals surface area contributed by atoms with Crippen molar-refractivity contribution in [3.63, 3.8) is 0 Å². The van der Waals surface area contributed by atoms with E-state index in [0.717, 1.165) is 5.56 Å². The molecule has 2 rings (SSSR count). The molecule has 0 aliphatic carbocycles. The standard InChI is InChI=1S/C14H18N4O/c1-9(2)18-8-11(7-16-18)17-14(19)12-6-10(3)4-5-13(12)15/h4-9H,15H2,1-3H3,(H,17,19). The second kappa shape index (κ2) is 5.14. The van der Waals surface area contributed by atoms with Gasteiger partial charge < -0.3 is 11.1 Å². The molecule has 5 nitrogen and oxygen atoms in total. The summed E-state index contributed by atoms with van der Waals surface area (Å²) in [5, 5.41) is 6.97. The van der Waals surface area contributed by atoms with E-state index in [1.165, 1.54) is 0 Å². The molecule has 5 heteroatoms. The summed E-state index contributed by atoms with van der Waals surface area (Å²) in [6, 6.07) is 5.65. The van der Waals surface area contributed by atoms with Crippen molar-refractivity contribution in [2.45, 2.75) is 26.8 Å². The lowest BCUT2D eigenvalue weighted by Gasteiger charge is -2.07. The number of carbonyl (C=O) groups excluding carboxylic acids is 1. The number of nitrogens with zero attached hydrogens (tertiary/aromatic N) is 2. The first-order valence-electron chi connectivity index (χ1n) is 6.19. The molecule has 0 aliphatic rings. The van der Waals surface area contributed by atoms with E-state index in [1.54, 1.807) is 29.2 Å². The van der Waals surface area contributed by atoms with E-state index in [0.29, 0.717) is 16.9 Å². The summed E-state index contributed by atoms with van der Waals surface area (Å²) in [5.41, 5.74) is 8.43. The molecule has 1 aromatic heterocycles. The SMILES string of the molecule is Cc1ccc(N)c(C(=O)Nc2cnn(C(C)C)c2)c1. The molecule has 0 fully saturated rings. The summed E-state index contributed by atoms with van der Waals surface area (Å²) in [6.07, 6.45) is 3.43. The maximum absolute atomic E-state index is 12.1. The summed E-state index contributed by atoms with van der Waals surface area (Å²) in [4.78, 5) is 12.1. The van der Waals surface area contributed by atoms with Crippen LogP contribution in [0.5, 0.6) is 0 Å². The average Bonchev–Trinajstić information content (AvgIpc) is 2.80. The van der Waals surface area contributed by atoms with Gasteiger partial charge >= 0.3 is 0 Å². The summed E-state index contributed by atoms with van der Waals surface area (Å²) in [5.74, 6) is -0.218. The fourth-order valence-corrected chi connectivity index (χ4v) is 1.75. The predicted molar refractivity (Wildman–Crippen MR) is 76.2 cm³/mol. The van der Waals surface area contributed by atoms with Gasteiger partial charge in [0.05, 0.1) is 17.4 Å². The van der Waals surface area contributed by atoms with Crippen LogP contribution in [0.2, 0.25) is 0 Å². The molecule has 3 N–H and O–H groups in total. The van der Waals surface area contributed by atoms with Crippen LogP contribution >= 0.6 is 0 Å². The van der Waals surface area contributed by atoms with Crippen LogP contribution in [0.4, 0.5) is 11.4 Å². The van der Waals surface area contributed by atoms with Crippen LogP contribution in [-0.4, -0.2) is 15.7 Å². The van der Waals surface area contributed by atoms with Gasteiger partial charge in [0.15, 0.2) is 0 Å². The number of nitrogens with two attached hydrogens (primary N) is 1. The van der Waals surface area contributed by atoms with Crippen molar-refractivity contribution in [3.8, 4) is 0 Å². The summed E-state index contributed by atoms with van der Waals surface area (Å²) < 4.78 is 1.79. The zero-order chi connectivity index (χ0) is 14.0. The van der Waals surface area contributed by atoms with Gasteiger partial charge in [0.2, 0.25) is 0 Å². The van der Waals surface area contributed by atoms with Gasteiger partial charge in [0.25, 0.3) is 5.91 Å². The zero-order valence-corrected chi connectivity index (χ0v) is 11.3. The highest BCUT2D eigenvalue weighted by molar-refractivity contribution is 6.07. The van der Waals surface area contributed by atoms with Crippen molar-refractivity contribution in [2.24, 2.45) is 0 Å². The Bertz CT molecular complexity index is 601. The van der Waals surface area contributed by atoms with Crippen LogP contribution in [0.15, 0.2) is 30.6 Å². The topological polar surface area (TPSA) is 72.9 Å². The van der Waals surface area contributed by atoms with Gasteiger partial charge in [-0.25, -0.2) is 0 Å². The largest absolute Gasteiger partial charge is 0.398 e. The number of nitrogen functional groups attached to an aromatic ring is 1. The maximum Gasteiger partial charge on any atom is 0.257 e. The maximum atomic E-state index is 12.1. The van der Waals surface area contributed by atoms with E-state index >= 15 is 0 Å². The number of aromatic nitrogens is 2. The first-order chi connectivity index (χ1) is 8.97. The molecule has 0 radical (unpaired) electrons. The highest BCUT2D eigenvalue weighted by atomic mass is 16.1. The third kappa shape index (κ3) is 2.93. The van der Waals surface area contributed by atoms with Crippen molar-refractivity contribution >= 4 is 17.3 Å². The minimum atomic E-state index is -0.218. The molecule has 0 atom stereocenters. The number of benzene rings is 1.